The van der Waals surface area contributed by atoms with E-state index in [1.165, 1.54) is 6.08 Å². The van der Waals surface area contributed by atoms with Crippen LogP contribution < -0.4 is 14.8 Å². The van der Waals surface area contributed by atoms with Gasteiger partial charge in [0.25, 0.3) is 0 Å². The SMILES string of the molecule is C[C@H](Cn1cccn1)NC(=O)/C=C/c1ccc2c(c1)OCO2. The van der Waals surface area contributed by atoms with Gasteiger partial charge in [0.15, 0.2) is 11.5 Å². The van der Waals surface area contributed by atoms with Crippen molar-refractivity contribution in [3.63, 3.8) is 0 Å². The highest BCUT2D eigenvalue weighted by atomic mass is 16.7. The van der Waals surface area contributed by atoms with Gasteiger partial charge in [-0.15, -0.1) is 0 Å². The van der Waals surface area contributed by atoms with Crippen LogP contribution in [0.25, 0.3) is 6.08 Å². The topological polar surface area (TPSA) is 65.4 Å². The van der Waals surface area contributed by atoms with Crippen molar-refractivity contribution in [3.8, 4) is 11.5 Å². The van der Waals surface area contributed by atoms with E-state index in [2.05, 4.69) is 10.4 Å². The van der Waals surface area contributed by atoms with E-state index >= 15 is 0 Å². The maximum Gasteiger partial charge on any atom is 0.244 e. The summed E-state index contributed by atoms with van der Waals surface area (Å²) in [5.74, 6) is 1.29. The van der Waals surface area contributed by atoms with Gasteiger partial charge in [0.1, 0.15) is 0 Å². The summed E-state index contributed by atoms with van der Waals surface area (Å²) in [5, 5.41) is 7.01. The summed E-state index contributed by atoms with van der Waals surface area (Å²) in [4.78, 5) is 11.9. The first kappa shape index (κ1) is 14.2. The Kier molecular flexibility index (Phi) is 4.09. The molecular formula is C16H17N3O3. The highest BCUT2D eigenvalue weighted by molar-refractivity contribution is 5.92. The van der Waals surface area contributed by atoms with Crippen molar-refractivity contribution < 1.29 is 14.3 Å². The van der Waals surface area contributed by atoms with Crippen LogP contribution in [0.4, 0.5) is 0 Å². The van der Waals surface area contributed by atoms with Crippen molar-refractivity contribution >= 4 is 12.0 Å². The Morgan fingerprint density at radius 1 is 1.45 bits per heavy atom. The van der Waals surface area contributed by atoms with Crippen LogP contribution in [-0.4, -0.2) is 28.5 Å². The summed E-state index contributed by atoms with van der Waals surface area (Å²) in [7, 11) is 0. The van der Waals surface area contributed by atoms with Crippen molar-refractivity contribution in [3.05, 3.63) is 48.3 Å². The molecule has 2 aromatic rings. The van der Waals surface area contributed by atoms with Crippen molar-refractivity contribution in [1.29, 1.82) is 0 Å². The number of amides is 1. The molecule has 114 valence electrons. The van der Waals surface area contributed by atoms with E-state index in [-0.39, 0.29) is 18.7 Å². The second-order valence-electron chi connectivity index (χ2n) is 5.08. The molecule has 6 heteroatoms. The summed E-state index contributed by atoms with van der Waals surface area (Å²) in [6.45, 7) is 2.82. The molecule has 0 saturated heterocycles. The standard InChI is InChI=1S/C16H17N3O3/c1-12(10-19-8-2-7-17-19)18-16(20)6-4-13-3-5-14-15(9-13)22-11-21-14/h2-9,12H,10-11H2,1H3,(H,18,20)/b6-4+/t12-/m1/s1. The Hall–Kier alpha value is -2.76. The molecule has 0 saturated carbocycles. The second kappa shape index (κ2) is 6.34. The molecule has 1 amide bonds. The van der Waals surface area contributed by atoms with E-state index in [9.17, 15) is 4.79 Å². The van der Waals surface area contributed by atoms with E-state index in [1.54, 1.807) is 17.0 Å². The van der Waals surface area contributed by atoms with Gasteiger partial charge in [-0.05, 0) is 36.8 Å². The summed E-state index contributed by atoms with van der Waals surface area (Å²) in [6.07, 6.45) is 6.84. The van der Waals surface area contributed by atoms with Gasteiger partial charge < -0.3 is 14.8 Å². The largest absolute Gasteiger partial charge is 0.454 e. The van der Waals surface area contributed by atoms with Gasteiger partial charge in [-0.2, -0.15) is 5.10 Å². The van der Waals surface area contributed by atoms with Crippen molar-refractivity contribution in [2.45, 2.75) is 19.5 Å². The summed E-state index contributed by atoms with van der Waals surface area (Å²) < 4.78 is 12.3. The third-order valence-corrected chi connectivity index (χ3v) is 3.23. The summed E-state index contributed by atoms with van der Waals surface area (Å²) in [6, 6.07) is 7.41. The predicted octanol–water partition coefficient (Wildman–Crippen LogP) is 1.83. The average Bonchev–Trinajstić information content (AvgIpc) is 3.15. The number of benzene rings is 1. The van der Waals surface area contributed by atoms with Crippen molar-refractivity contribution in [1.82, 2.24) is 15.1 Å². The van der Waals surface area contributed by atoms with E-state index in [1.807, 2.05) is 37.4 Å². The molecule has 1 aromatic heterocycles. The highest BCUT2D eigenvalue weighted by Gasteiger charge is 2.12. The fourth-order valence-electron chi connectivity index (χ4n) is 2.21. The Bertz CT molecular complexity index is 680. The van der Waals surface area contributed by atoms with E-state index in [0.717, 1.165) is 11.3 Å². The molecule has 0 aliphatic carbocycles. The van der Waals surface area contributed by atoms with E-state index in [0.29, 0.717) is 12.3 Å². The Morgan fingerprint density at radius 3 is 3.14 bits per heavy atom. The van der Waals surface area contributed by atoms with Crippen LogP contribution in [0.15, 0.2) is 42.7 Å². The molecule has 3 rings (SSSR count). The Balaban J connectivity index is 1.54. The van der Waals surface area contributed by atoms with Gasteiger partial charge in [0.05, 0.1) is 6.54 Å². The molecule has 1 aromatic carbocycles. The number of hydrogen-bond acceptors (Lipinski definition) is 4. The third-order valence-electron chi connectivity index (χ3n) is 3.23. The summed E-state index contributed by atoms with van der Waals surface area (Å²) >= 11 is 0. The molecule has 0 radical (unpaired) electrons. The smallest absolute Gasteiger partial charge is 0.244 e. The molecule has 2 heterocycles. The minimum atomic E-state index is -0.141. The fraction of sp³-hybridized carbons (Fsp3) is 0.250. The van der Waals surface area contributed by atoms with Crippen LogP contribution in [0, 0.1) is 0 Å². The maximum atomic E-state index is 11.9. The van der Waals surface area contributed by atoms with Gasteiger partial charge in [-0.25, -0.2) is 0 Å². The lowest BCUT2D eigenvalue weighted by atomic mass is 10.2. The number of hydrogen-bond donors (Lipinski definition) is 1. The number of rotatable bonds is 5. The molecule has 0 spiro atoms. The molecule has 0 fully saturated rings. The highest BCUT2D eigenvalue weighted by Crippen LogP contribution is 2.32. The molecule has 0 bridgehead atoms. The van der Waals surface area contributed by atoms with E-state index in [4.69, 9.17) is 9.47 Å². The van der Waals surface area contributed by atoms with Crippen LogP contribution >= 0.6 is 0 Å². The molecular weight excluding hydrogens is 282 g/mol. The fourth-order valence-corrected chi connectivity index (χ4v) is 2.21. The summed E-state index contributed by atoms with van der Waals surface area (Å²) in [5.41, 5.74) is 0.888. The lowest BCUT2D eigenvalue weighted by Gasteiger charge is -2.12. The Labute approximate surface area is 128 Å². The number of aromatic nitrogens is 2. The molecule has 1 aliphatic heterocycles. The maximum absolute atomic E-state index is 11.9. The first-order valence-corrected chi connectivity index (χ1v) is 7.06. The Morgan fingerprint density at radius 2 is 2.32 bits per heavy atom. The third kappa shape index (κ3) is 3.46. The number of fused-ring (bicyclic) bond motifs is 1. The van der Waals surface area contributed by atoms with Gasteiger partial charge in [0.2, 0.25) is 12.7 Å². The van der Waals surface area contributed by atoms with Gasteiger partial charge in [-0.1, -0.05) is 6.07 Å². The zero-order chi connectivity index (χ0) is 15.4. The lowest BCUT2D eigenvalue weighted by molar-refractivity contribution is -0.117. The average molecular weight is 299 g/mol. The molecule has 22 heavy (non-hydrogen) atoms. The van der Waals surface area contributed by atoms with Gasteiger partial charge in [-0.3, -0.25) is 9.48 Å². The molecule has 1 N–H and O–H groups in total. The minimum Gasteiger partial charge on any atom is -0.454 e. The number of ether oxygens (including phenoxy) is 2. The first-order chi connectivity index (χ1) is 10.7. The molecule has 0 unspecified atom stereocenters. The van der Waals surface area contributed by atoms with Crippen molar-refractivity contribution in [2.75, 3.05) is 6.79 Å². The zero-order valence-corrected chi connectivity index (χ0v) is 12.2. The van der Waals surface area contributed by atoms with E-state index < -0.39 is 0 Å². The van der Waals surface area contributed by atoms with Crippen LogP contribution in [-0.2, 0) is 11.3 Å². The lowest BCUT2D eigenvalue weighted by Crippen LogP contribution is -2.34. The van der Waals surface area contributed by atoms with Gasteiger partial charge >= 0.3 is 0 Å². The first-order valence-electron chi connectivity index (χ1n) is 7.06. The van der Waals surface area contributed by atoms with Crippen LogP contribution in [0.3, 0.4) is 0 Å². The minimum absolute atomic E-state index is 0.00574. The van der Waals surface area contributed by atoms with Gasteiger partial charge in [0, 0.05) is 24.5 Å². The van der Waals surface area contributed by atoms with Crippen LogP contribution in [0.5, 0.6) is 11.5 Å². The number of nitrogens with zero attached hydrogens (tertiary/aromatic N) is 2. The monoisotopic (exact) mass is 299 g/mol. The van der Waals surface area contributed by atoms with Crippen LogP contribution in [0.2, 0.25) is 0 Å². The number of carbonyl (C=O) groups excluding carboxylic acids is 1. The van der Waals surface area contributed by atoms with Crippen molar-refractivity contribution in [2.24, 2.45) is 0 Å². The molecule has 6 nitrogen and oxygen atoms in total. The molecule has 1 atom stereocenters. The second-order valence-corrected chi connectivity index (χ2v) is 5.08. The van der Waals surface area contributed by atoms with Crippen LogP contribution in [0.1, 0.15) is 12.5 Å². The normalized spacial score (nSPS) is 14.2. The zero-order valence-electron chi connectivity index (χ0n) is 12.2. The number of nitrogens with one attached hydrogen (secondary N) is 1. The number of carbonyl (C=O) groups is 1. The predicted molar refractivity (Wildman–Crippen MR) is 81.4 cm³/mol. The quantitative estimate of drug-likeness (QED) is 0.855. The molecule has 1 aliphatic rings.